The zero-order chi connectivity index (χ0) is 20.2. The summed E-state index contributed by atoms with van der Waals surface area (Å²) in [5.41, 5.74) is 4.09. The molecule has 1 aliphatic heterocycles. The van der Waals surface area contributed by atoms with E-state index < -0.39 is 0 Å². The first kappa shape index (κ1) is 19.0. The van der Waals surface area contributed by atoms with E-state index in [1.54, 1.807) is 35.2 Å². The van der Waals surface area contributed by atoms with E-state index >= 15 is 0 Å². The molecule has 2 amide bonds. The number of benzene rings is 3. The summed E-state index contributed by atoms with van der Waals surface area (Å²) in [4.78, 5) is 26.8. The highest BCUT2D eigenvalue weighted by molar-refractivity contribution is 6.33. The maximum absolute atomic E-state index is 12.9. The van der Waals surface area contributed by atoms with Crippen LogP contribution in [0, 0.1) is 0 Å². The summed E-state index contributed by atoms with van der Waals surface area (Å²) in [6.07, 6.45) is 0.870. The van der Waals surface area contributed by atoms with Crippen molar-refractivity contribution in [2.24, 2.45) is 0 Å². The van der Waals surface area contributed by atoms with Gasteiger partial charge in [-0.15, -0.1) is 0 Å². The van der Waals surface area contributed by atoms with Gasteiger partial charge in [-0.25, -0.2) is 0 Å². The number of anilines is 3. The number of carbonyl (C=O) groups excluding carboxylic acids is 2. The molecule has 0 radical (unpaired) electrons. The fourth-order valence-corrected chi connectivity index (χ4v) is 3.59. The fourth-order valence-electron chi connectivity index (χ4n) is 3.39. The third-order valence-corrected chi connectivity index (χ3v) is 5.19. The Kier molecular flexibility index (Phi) is 5.49. The van der Waals surface area contributed by atoms with E-state index in [9.17, 15) is 9.59 Å². The molecule has 2 N–H and O–H groups in total. The van der Waals surface area contributed by atoms with E-state index in [-0.39, 0.29) is 18.4 Å². The summed E-state index contributed by atoms with van der Waals surface area (Å²) in [6, 6.07) is 22.2. The Morgan fingerprint density at radius 1 is 0.931 bits per heavy atom. The molecule has 0 saturated heterocycles. The lowest BCUT2D eigenvalue weighted by Crippen LogP contribution is -2.28. The number of hydrogen-bond donors (Lipinski definition) is 2. The Balaban J connectivity index is 1.36. The minimum absolute atomic E-state index is 0.0341. The number of carbonyl (C=O) groups is 2. The second-order valence-corrected chi connectivity index (χ2v) is 7.20. The molecule has 29 heavy (non-hydrogen) atoms. The van der Waals surface area contributed by atoms with Crippen molar-refractivity contribution >= 4 is 40.5 Å². The van der Waals surface area contributed by atoms with Crippen molar-refractivity contribution < 1.29 is 9.59 Å². The van der Waals surface area contributed by atoms with E-state index in [2.05, 4.69) is 16.7 Å². The molecule has 6 heteroatoms. The van der Waals surface area contributed by atoms with Gasteiger partial charge in [0.2, 0.25) is 5.91 Å². The van der Waals surface area contributed by atoms with Gasteiger partial charge in [0.25, 0.3) is 5.91 Å². The third-order valence-electron chi connectivity index (χ3n) is 4.86. The quantitative estimate of drug-likeness (QED) is 0.652. The lowest BCUT2D eigenvalue weighted by Gasteiger charge is -2.17. The summed E-state index contributed by atoms with van der Waals surface area (Å²) >= 11 is 6.07. The molecule has 1 aliphatic rings. The number of halogens is 1. The molecule has 0 atom stereocenters. The van der Waals surface area contributed by atoms with Gasteiger partial charge >= 0.3 is 0 Å². The Morgan fingerprint density at radius 3 is 2.45 bits per heavy atom. The molecule has 0 aliphatic carbocycles. The highest BCUT2D eigenvalue weighted by atomic mass is 35.5. The van der Waals surface area contributed by atoms with Gasteiger partial charge in [0.05, 0.1) is 17.3 Å². The predicted octanol–water partition coefficient (Wildman–Crippen LogP) is 4.59. The minimum Gasteiger partial charge on any atom is -0.375 e. The molecule has 0 aromatic heterocycles. The van der Waals surface area contributed by atoms with Crippen LogP contribution in [0.2, 0.25) is 5.02 Å². The Hall–Kier alpha value is -3.31. The lowest BCUT2D eigenvalue weighted by molar-refractivity contribution is -0.114. The maximum atomic E-state index is 12.9. The van der Waals surface area contributed by atoms with Gasteiger partial charge in [0, 0.05) is 23.5 Å². The number of nitrogens with one attached hydrogen (secondary N) is 2. The zero-order valence-corrected chi connectivity index (χ0v) is 16.4. The zero-order valence-electron chi connectivity index (χ0n) is 15.7. The van der Waals surface area contributed by atoms with Crippen LogP contribution < -0.4 is 15.5 Å². The normalized spacial score (nSPS) is 12.4. The average molecular weight is 406 g/mol. The van der Waals surface area contributed by atoms with Crippen molar-refractivity contribution in [3.63, 3.8) is 0 Å². The van der Waals surface area contributed by atoms with Crippen molar-refractivity contribution in [3.05, 3.63) is 88.9 Å². The molecule has 1 heterocycles. The highest BCUT2D eigenvalue weighted by Crippen LogP contribution is 2.29. The first-order chi connectivity index (χ1) is 14.1. The lowest BCUT2D eigenvalue weighted by atomic mass is 10.1. The Labute approximate surface area is 174 Å². The Morgan fingerprint density at radius 2 is 1.66 bits per heavy atom. The van der Waals surface area contributed by atoms with Gasteiger partial charge in [-0.2, -0.15) is 0 Å². The summed E-state index contributed by atoms with van der Waals surface area (Å²) < 4.78 is 0. The Bertz CT molecular complexity index is 1050. The number of nitrogens with zero attached hydrogens (tertiary/aromatic N) is 1. The number of para-hydroxylation sites is 2. The van der Waals surface area contributed by atoms with E-state index in [1.165, 1.54) is 5.56 Å². The summed E-state index contributed by atoms with van der Waals surface area (Å²) in [7, 11) is 0. The standard InChI is InChI=1S/C23H20ClN3O2/c24-19-6-2-3-7-20(19)25-15-22(28)26-18-11-9-17(10-12-18)23(29)27-14-13-16-5-1-4-8-21(16)27/h1-12,25H,13-15H2,(H,26,28). The molecule has 3 aromatic rings. The molecular formula is C23H20ClN3O2. The number of hydrogen-bond acceptors (Lipinski definition) is 3. The monoisotopic (exact) mass is 405 g/mol. The first-order valence-electron chi connectivity index (χ1n) is 9.40. The van der Waals surface area contributed by atoms with E-state index in [1.807, 2.05) is 36.4 Å². The molecule has 3 aromatic carbocycles. The van der Waals surface area contributed by atoms with Gasteiger partial charge in [-0.1, -0.05) is 41.9 Å². The van der Waals surface area contributed by atoms with Crippen molar-refractivity contribution in [2.75, 3.05) is 28.6 Å². The molecule has 5 nitrogen and oxygen atoms in total. The largest absolute Gasteiger partial charge is 0.375 e. The molecule has 0 spiro atoms. The van der Waals surface area contributed by atoms with Crippen LogP contribution >= 0.6 is 11.6 Å². The smallest absolute Gasteiger partial charge is 0.258 e. The third kappa shape index (κ3) is 4.25. The topological polar surface area (TPSA) is 61.4 Å². The van der Waals surface area contributed by atoms with Crippen LogP contribution in [0.1, 0.15) is 15.9 Å². The van der Waals surface area contributed by atoms with E-state index in [0.29, 0.717) is 28.5 Å². The number of amides is 2. The molecule has 0 saturated carbocycles. The van der Waals surface area contributed by atoms with Gasteiger partial charge in [0.15, 0.2) is 0 Å². The number of fused-ring (bicyclic) bond motifs is 1. The van der Waals surface area contributed by atoms with Crippen LogP contribution in [0.3, 0.4) is 0 Å². The molecular weight excluding hydrogens is 386 g/mol. The van der Waals surface area contributed by atoms with E-state index in [4.69, 9.17) is 11.6 Å². The second kappa shape index (κ2) is 8.37. The first-order valence-corrected chi connectivity index (χ1v) is 9.78. The van der Waals surface area contributed by atoms with Crippen LogP contribution in [0.4, 0.5) is 17.1 Å². The number of rotatable bonds is 5. The molecule has 4 rings (SSSR count). The average Bonchev–Trinajstić information content (AvgIpc) is 3.17. The van der Waals surface area contributed by atoms with Crippen LogP contribution in [0.5, 0.6) is 0 Å². The van der Waals surface area contributed by atoms with Crippen LogP contribution in [0.15, 0.2) is 72.8 Å². The molecule has 146 valence electrons. The van der Waals surface area contributed by atoms with Crippen molar-refractivity contribution in [2.45, 2.75) is 6.42 Å². The van der Waals surface area contributed by atoms with Gasteiger partial charge < -0.3 is 15.5 Å². The minimum atomic E-state index is -0.197. The van der Waals surface area contributed by atoms with Gasteiger partial charge in [-0.3, -0.25) is 9.59 Å². The molecule has 0 bridgehead atoms. The van der Waals surface area contributed by atoms with Gasteiger partial charge in [0.1, 0.15) is 0 Å². The summed E-state index contributed by atoms with van der Waals surface area (Å²) in [6.45, 7) is 0.777. The van der Waals surface area contributed by atoms with E-state index in [0.717, 1.165) is 12.1 Å². The fraction of sp³-hybridized carbons (Fsp3) is 0.130. The SMILES string of the molecule is O=C(CNc1ccccc1Cl)Nc1ccc(C(=O)N2CCc3ccccc32)cc1. The molecule has 0 unspecified atom stereocenters. The van der Waals surface area contributed by atoms with Crippen LogP contribution in [-0.4, -0.2) is 24.9 Å². The van der Waals surface area contributed by atoms with Crippen LogP contribution in [-0.2, 0) is 11.2 Å². The predicted molar refractivity (Wildman–Crippen MR) is 117 cm³/mol. The highest BCUT2D eigenvalue weighted by Gasteiger charge is 2.24. The van der Waals surface area contributed by atoms with Crippen molar-refractivity contribution in [1.82, 2.24) is 0 Å². The van der Waals surface area contributed by atoms with Crippen molar-refractivity contribution in [3.8, 4) is 0 Å². The second-order valence-electron chi connectivity index (χ2n) is 6.79. The van der Waals surface area contributed by atoms with Crippen LogP contribution in [0.25, 0.3) is 0 Å². The summed E-state index contributed by atoms with van der Waals surface area (Å²) in [5.74, 6) is -0.231. The van der Waals surface area contributed by atoms with Crippen molar-refractivity contribution in [1.29, 1.82) is 0 Å². The molecule has 0 fully saturated rings. The van der Waals surface area contributed by atoms with Gasteiger partial charge in [-0.05, 0) is 54.4 Å². The maximum Gasteiger partial charge on any atom is 0.258 e. The summed E-state index contributed by atoms with van der Waals surface area (Å²) in [5, 5.41) is 6.38.